The van der Waals surface area contributed by atoms with E-state index in [0.29, 0.717) is 11.1 Å². The van der Waals surface area contributed by atoms with Crippen molar-refractivity contribution in [3.63, 3.8) is 0 Å². The van der Waals surface area contributed by atoms with Crippen LogP contribution < -0.4 is 0 Å². The first-order valence-electron chi connectivity index (χ1n) is 8.01. The van der Waals surface area contributed by atoms with Crippen molar-refractivity contribution >= 4 is 43.3 Å². The van der Waals surface area contributed by atoms with Crippen molar-refractivity contribution < 1.29 is 9.59 Å². The number of allylic oxidation sites excluding steroid dienone is 1. The van der Waals surface area contributed by atoms with Crippen LogP contribution in [0.4, 0.5) is 0 Å². The van der Waals surface area contributed by atoms with Gasteiger partial charge >= 0.3 is 154 Å². The second-order valence-electron chi connectivity index (χ2n) is 5.89. The molecule has 3 heterocycles. The fraction of sp³-hybridized carbons (Fsp3) is 0. The van der Waals surface area contributed by atoms with Crippen molar-refractivity contribution in [1.29, 1.82) is 0 Å². The van der Waals surface area contributed by atoms with Crippen LogP contribution in [0.2, 0.25) is 0 Å². The quantitative estimate of drug-likeness (QED) is 0.293. The van der Waals surface area contributed by atoms with Crippen LogP contribution in [0.25, 0.3) is 21.8 Å². The fourth-order valence-electron chi connectivity index (χ4n) is 3.13. The summed E-state index contributed by atoms with van der Waals surface area (Å²) >= 11 is -0.0220. The minimum atomic E-state index is -0.187. The van der Waals surface area contributed by atoms with Crippen LogP contribution in [-0.2, 0) is 0 Å². The Morgan fingerprint density at radius 2 is 1.62 bits per heavy atom. The molecule has 5 nitrogen and oxygen atoms in total. The van der Waals surface area contributed by atoms with E-state index < -0.39 is 0 Å². The molecule has 0 N–H and O–H groups in total. The molecule has 26 heavy (non-hydrogen) atoms. The molecule has 0 radical (unpaired) electrons. The zero-order valence-corrected chi connectivity index (χ0v) is 15.1. The number of carbonyl (C=O) groups excluding carboxylic acids is 2. The number of rotatable bonds is 2. The van der Waals surface area contributed by atoms with Gasteiger partial charge in [0.1, 0.15) is 0 Å². The van der Waals surface area contributed by atoms with Gasteiger partial charge in [0, 0.05) is 0 Å². The van der Waals surface area contributed by atoms with E-state index in [0.717, 1.165) is 20.2 Å². The molecular formula is C20H11N3O2Se. The van der Waals surface area contributed by atoms with Crippen molar-refractivity contribution in [2.75, 3.05) is 0 Å². The van der Waals surface area contributed by atoms with Gasteiger partial charge in [-0.3, -0.25) is 0 Å². The summed E-state index contributed by atoms with van der Waals surface area (Å²) in [5.41, 5.74) is 2.89. The number of aromatic nitrogens is 3. The number of hydrogen-bond acceptors (Lipinski definition) is 4. The molecular weight excluding hydrogens is 393 g/mol. The summed E-state index contributed by atoms with van der Waals surface area (Å²) in [6, 6.07) is 12.9. The summed E-state index contributed by atoms with van der Waals surface area (Å²) in [7, 11) is 0. The Hall–Kier alpha value is -3.08. The van der Waals surface area contributed by atoms with Crippen molar-refractivity contribution in [2.24, 2.45) is 0 Å². The number of carbonyl (C=O) groups is 2. The van der Waals surface area contributed by atoms with Crippen molar-refractivity contribution in [3.05, 3.63) is 82.2 Å². The second-order valence-corrected chi connectivity index (χ2v) is 8.18. The molecule has 0 fully saturated rings. The molecule has 0 saturated heterocycles. The van der Waals surface area contributed by atoms with Crippen molar-refractivity contribution in [2.45, 2.75) is 0 Å². The summed E-state index contributed by atoms with van der Waals surface area (Å²) in [5, 5.41) is 0. The number of ketones is 2. The van der Waals surface area contributed by atoms with Gasteiger partial charge in [0.05, 0.1) is 0 Å². The third-order valence-electron chi connectivity index (χ3n) is 4.36. The summed E-state index contributed by atoms with van der Waals surface area (Å²) in [6.07, 6.45) is 7.03. The minimum absolute atomic E-state index is 0.0220. The first-order chi connectivity index (χ1) is 12.7. The van der Waals surface area contributed by atoms with Gasteiger partial charge in [-0.1, -0.05) is 0 Å². The number of benzene rings is 1. The van der Waals surface area contributed by atoms with Crippen LogP contribution in [0.3, 0.4) is 0 Å². The fourth-order valence-corrected chi connectivity index (χ4v) is 5.10. The van der Waals surface area contributed by atoms with E-state index in [2.05, 4.69) is 9.97 Å². The van der Waals surface area contributed by atoms with Gasteiger partial charge in [-0.15, -0.1) is 0 Å². The van der Waals surface area contributed by atoms with Crippen LogP contribution in [0.15, 0.2) is 66.6 Å². The molecule has 4 aromatic rings. The molecule has 124 valence electrons. The standard InChI is InChI=1S/C20H11N3O2Se/c24-18-13-3-1-2-4-14(13)19(25)15(18)11-12-5-6-17(26-12)23-10-7-16-20(23)22-9-8-21-16/h1-11H. The summed E-state index contributed by atoms with van der Waals surface area (Å²) in [5.74, 6) is -0.374. The summed E-state index contributed by atoms with van der Waals surface area (Å²) in [6.45, 7) is 0. The normalized spacial score (nSPS) is 13.5. The molecule has 3 aromatic heterocycles. The van der Waals surface area contributed by atoms with Gasteiger partial charge in [0.2, 0.25) is 0 Å². The Labute approximate surface area is 154 Å². The third-order valence-corrected chi connectivity index (χ3v) is 6.52. The van der Waals surface area contributed by atoms with Crippen LogP contribution in [0.1, 0.15) is 25.2 Å². The third kappa shape index (κ3) is 2.24. The molecule has 6 heteroatoms. The van der Waals surface area contributed by atoms with Gasteiger partial charge < -0.3 is 0 Å². The van der Waals surface area contributed by atoms with E-state index in [9.17, 15) is 9.59 Å². The van der Waals surface area contributed by atoms with Crippen LogP contribution >= 0.6 is 0 Å². The Morgan fingerprint density at radius 1 is 0.885 bits per heavy atom. The number of fused-ring (bicyclic) bond motifs is 2. The second kappa shape index (κ2) is 5.73. The predicted molar refractivity (Wildman–Crippen MR) is 98.9 cm³/mol. The van der Waals surface area contributed by atoms with Crippen LogP contribution in [-0.4, -0.2) is 40.6 Å². The number of nitrogens with zero attached hydrogens (tertiary/aromatic N) is 3. The van der Waals surface area contributed by atoms with E-state index in [4.69, 9.17) is 0 Å². The van der Waals surface area contributed by atoms with Gasteiger partial charge in [0.15, 0.2) is 0 Å². The predicted octanol–water partition coefficient (Wildman–Crippen LogP) is 2.94. The Morgan fingerprint density at radius 3 is 2.38 bits per heavy atom. The molecule has 5 rings (SSSR count). The zero-order valence-electron chi connectivity index (χ0n) is 13.4. The average molecular weight is 404 g/mol. The molecule has 0 amide bonds. The van der Waals surface area contributed by atoms with Crippen LogP contribution in [0.5, 0.6) is 0 Å². The topological polar surface area (TPSA) is 64.8 Å². The molecule has 1 aliphatic rings. The van der Waals surface area contributed by atoms with Crippen LogP contribution in [0, 0.1) is 0 Å². The van der Waals surface area contributed by atoms with E-state index in [1.54, 1.807) is 42.7 Å². The van der Waals surface area contributed by atoms with Gasteiger partial charge in [-0.25, -0.2) is 0 Å². The maximum atomic E-state index is 12.5. The molecule has 1 aliphatic carbocycles. The number of Topliss-reactive ketones (excluding diaryl/α,β-unsaturated/α-hetero) is 2. The summed E-state index contributed by atoms with van der Waals surface area (Å²) in [4.78, 5) is 33.7. The SMILES string of the molecule is O=C1C(=Cc2ccc(-n3ccc4nccnc43)[se]2)C(=O)c2ccccc21. The van der Waals surface area contributed by atoms with Gasteiger partial charge in [-0.05, 0) is 0 Å². The van der Waals surface area contributed by atoms with Gasteiger partial charge in [-0.2, -0.15) is 0 Å². The molecule has 1 aromatic carbocycles. The first-order valence-corrected chi connectivity index (χ1v) is 9.72. The Bertz CT molecular complexity index is 1200. The molecule has 0 spiro atoms. The van der Waals surface area contributed by atoms with Gasteiger partial charge in [0.25, 0.3) is 0 Å². The van der Waals surface area contributed by atoms with Crippen molar-refractivity contribution in [1.82, 2.24) is 14.5 Å². The Kier molecular flexibility index (Phi) is 3.35. The van der Waals surface area contributed by atoms with E-state index >= 15 is 0 Å². The van der Waals surface area contributed by atoms with Crippen molar-refractivity contribution in [3.8, 4) is 4.56 Å². The molecule has 0 atom stereocenters. The first kappa shape index (κ1) is 15.2. The van der Waals surface area contributed by atoms with E-state index in [-0.39, 0.29) is 31.6 Å². The molecule has 0 unspecified atom stereocenters. The van der Waals surface area contributed by atoms with E-state index in [1.165, 1.54) is 0 Å². The Balaban J connectivity index is 1.55. The zero-order chi connectivity index (χ0) is 17.7. The molecule has 0 saturated carbocycles. The maximum absolute atomic E-state index is 12.5. The monoisotopic (exact) mass is 405 g/mol. The summed E-state index contributed by atoms with van der Waals surface area (Å²) < 4.78 is 4.09. The van der Waals surface area contributed by atoms with E-state index in [1.807, 2.05) is 29.0 Å². The average Bonchev–Trinajstić information content (AvgIpc) is 3.36. The number of hydrogen-bond donors (Lipinski definition) is 0. The molecule has 0 aliphatic heterocycles. The molecule has 0 bridgehead atoms.